The zero-order valence-corrected chi connectivity index (χ0v) is 15.4. The fraction of sp³-hybridized carbons (Fsp3) is 0.250. The molecule has 1 unspecified atom stereocenters. The summed E-state index contributed by atoms with van der Waals surface area (Å²) in [5.41, 5.74) is 0.256. The van der Waals surface area contributed by atoms with E-state index in [9.17, 15) is 18.4 Å². The summed E-state index contributed by atoms with van der Waals surface area (Å²) in [5, 5.41) is 0.468. The van der Waals surface area contributed by atoms with Crippen molar-refractivity contribution in [3.05, 3.63) is 70.3 Å². The van der Waals surface area contributed by atoms with Crippen molar-refractivity contribution in [3.63, 3.8) is 0 Å². The average Bonchev–Trinajstić information content (AvgIpc) is 2.68. The van der Waals surface area contributed by atoms with Crippen LogP contribution in [0.4, 0.5) is 8.78 Å². The van der Waals surface area contributed by atoms with E-state index in [4.69, 9.17) is 4.74 Å². The van der Waals surface area contributed by atoms with Gasteiger partial charge in [-0.1, -0.05) is 12.1 Å². The minimum absolute atomic E-state index is 0.0491. The average molecular weight is 387 g/mol. The fourth-order valence-electron chi connectivity index (χ4n) is 2.80. The lowest BCUT2D eigenvalue weighted by atomic mass is 10.2. The number of likely N-dealkylation sites (N-methyl/N-ethyl adjacent to an activating group) is 1. The molecule has 0 aliphatic carbocycles. The molecule has 0 spiro atoms. The van der Waals surface area contributed by atoms with Gasteiger partial charge in [-0.05, 0) is 38.1 Å². The van der Waals surface area contributed by atoms with Gasteiger partial charge in [0.25, 0.3) is 11.5 Å². The zero-order valence-electron chi connectivity index (χ0n) is 15.4. The first kappa shape index (κ1) is 19.5. The molecule has 0 saturated carbocycles. The molecule has 0 fully saturated rings. The number of H-pyrrole nitrogens is 1. The topological polar surface area (TPSA) is 75.3 Å². The molecule has 0 aliphatic heterocycles. The van der Waals surface area contributed by atoms with Crippen molar-refractivity contribution < 1.29 is 18.3 Å². The third-order valence-corrected chi connectivity index (χ3v) is 4.25. The van der Waals surface area contributed by atoms with Gasteiger partial charge in [0.1, 0.15) is 11.6 Å². The Hall–Kier alpha value is -3.29. The molecular formula is C20H19F2N3O3. The van der Waals surface area contributed by atoms with Crippen LogP contribution in [-0.2, 0) is 11.3 Å². The number of carbonyl (C=O) groups excluding carboxylic acids is 1. The summed E-state index contributed by atoms with van der Waals surface area (Å²) in [6, 6.07) is 9.99. The molecule has 1 heterocycles. The van der Waals surface area contributed by atoms with Crippen LogP contribution in [0.15, 0.2) is 47.3 Å². The van der Waals surface area contributed by atoms with Gasteiger partial charge in [-0.25, -0.2) is 13.8 Å². The van der Waals surface area contributed by atoms with Crippen LogP contribution in [-0.4, -0.2) is 33.4 Å². The Morgan fingerprint density at radius 1 is 1.21 bits per heavy atom. The highest BCUT2D eigenvalue weighted by Gasteiger charge is 2.22. The van der Waals surface area contributed by atoms with Crippen LogP contribution in [0.5, 0.6) is 5.75 Å². The van der Waals surface area contributed by atoms with Crippen molar-refractivity contribution in [3.8, 4) is 5.75 Å². The second-order valence-corrected chi connectivity index (χ2v) is 6.22. The number of halogens is 2. The molecule has 2 aromatic carbocycles. The standard InChI is InChI=1S/C20H19F2N3O3/c1-3-25(11-18-23-17-7-5-4-6-14(17)19(26)24-18)20(27)12(2)28-13-8-9-15(21)16(22)10-13/h4-10,12H,3,11H2,1-2H3,(H,23,24,26). The zero-order chi connectivity index (χ0) is 20.3. The van der Waals surface area contributed by atoms with Gasteiger partial charge in [0.2, 0.25) is 0 Å². The number of fused-ring (bicyclic) bond motifs is 1. The van der Waals surface area contributed by atoms with Crippen LogP contribution in [0.1, 0.15) is 19.7 Å². The van der Waals surface area contributed by atoms with Crippen LogP contribution < -0.4 is 10.3 Å². The highest BCUT2D eigenvalue weighted by molar-refractivity contribution is 5.81. The molecule has 28 heavy (non-hydrogen) atoms. The van der Waals surface area contributed by atoms with E-state index in [0.717, 1.165) is 12.1 Å². The van der Waals surface area contributed by atoms with E-state index in [-0.39, 0.29) is 23.8 Å². The number of hydrogen-bond acceptors (Lipinski definition) is 4. The molecule has 0 saturated heterocycles. The van der Waals surface area contributed by atoms with E-state index in [1.54, 1.807) is 31.2 Å². The molecule has 0 bridgehead atoms. The number of nitrogens with one attached hydrogen (secondary N) is 1. The highest BCUT2D eigenvalue weighted by atomic mass is 19.2. The molecule has 6 nitrogen and oxygen atoms in total. The molecule has 1 amide bonds. The predicted molar refractivity (Wildman–Crippen MR) is 99.9 cm³/mol. The minimum Gasteiger partial charge on any atom is -0.481 e. The van der Waals surface area contributed by atoms with Crippen LogP contribution in [0.25, 0.3) is 10.9 Å². The van der Waals surface area contributed by atoms with Gasteiger partial charge >= 0.3 is 0 Å². The Bertz CT molecular complexity index is 1070. The predicted octanol–water partition coefficient (Wildman–Crippen LogP) is 3.02. The van der Waals surface area contributed by atoms with Gasteiger partial charge in [-0.2, -0.15) is 0 Å². The van der Waals surface area contributed by atoms with E-state index in [1.165, 1.54) is 17.9 Å². The van der Waals surface area contributed by atoms with Crippen molar-refractivity contribution >= 4 is 16.8 Å². The van der Waals surface area contributed by atoms with Gasteiger partial charge < -0.3 is 14.6 Å². The SMILES string of the molecule is CCN(Cc1nc2ccccc2c(=O)[nH]1)C(=O)C(C)Oc1ccc(F)c(F)c1. The normalized spacial score (nSPS) is 12.0. The Labute approximate surface area is 159 Å². The number of carbonyl (C=O) groups is 1. The third kappa shape index (κ3) is 4.16. The number of nitrogens with zero attached hydrogens (tertiary/aromatic N) is 2. The summed E-state index contributed by atoms with van der Waals surface area (Å²) >= 11 is 0. The maximum Gasteiger partial charge on any atom is 0.263 e. The van der Waals surface area contributed by atoms with Crippen molar-refractivity contribution in [1.29, 1.82) is 0 Å². The lowest BCUT2D eigenvalue weighted by Gasteiger charge is -2.24. The number of aromatic amines is 1. The molecule has 0 radical (unpaired) electrons. The molecule has 3 rings (SSSR count). The quantitative estimate of drug-likeness (QED) is 0.706. The summed E-state index contributed by atoms with van der Waals surface area (Å²) < 4.78 is 31.8. The van der Waals surface area contributed by atoms with E-state index in [2.05, 4.69) is 9.97 Å². The maximum absolute atomic E-state index is 13.3. The van der Waals surface area contributed by atoms with Crippen LogP contribution in [0.2, 0.25) is 0 Å². The largest absolute Gasteiger partial charge is 0.481 e. The number of amides is 1. The van der Waals surface area contributed by atoms with E-state index in [1.807, 2.05) is 0 Å². The molecule has 1 N–H and O–H groups in total. The lowest BCUT2D eigenvalue weighted by molar-refractivity contribution is -0.138. The molecule has 146 valence electrons. The third-order valence-electron chi connectivity index (χ3n) is 4.25. The van der Waals surface area contributed by atoms with E-state index in [0.29, 0.717) is 23.3 Å². The lowest BCUT2D eigenvalue weighted by Crippen LogP contribution is -2.40. The van der Waals surface area contributed by atoms with Gasteiger partial charge in [0.15, 0.2) is 17.7 Å². The van der Waals surface area contributed by atoms with Crippen LogP contribution in [0, 0.1) is 11.6 Å². The van der Waals surface area contributed by atoms with Crippen molar-refractivity contribution in [1.82, 2.24) is 14.9 Å². The van der Waals surface area contributed by atoms with E-state index < -0.39 is 17.7 Å². The first-order chi connectivity index (χ1) is 13.4. The number of benzene rings is 2. The summed E-state index contributed by atoms with van der Waals surface area (Å²) in [6.07, 6.45) is -0.933. The molecule has 1 atom stereocenters. The van der Waals surface area contributed by atoms with Crippen LogP contribution in [0.3, 0.4) is 0 Å². The fourth-order valence-corrected chi connectivity index (χ4v) is 2.80. The number of aromatic nitrogens is 2. The van der Waals surface area contributed by atoms with Gasteiger partial charge in [0.05, 0.1) is 17.4 Å². The van der Waals surface area contributed by atoms with Crippen molar-refractivity contribution in [2.75, 3.05) is 6.54 Å². The number of rotatable bonds is 6. The maximum atomic E-state index is 13.3. The highest BCUT2D eigenvalue weighted by Crippen LogP contribution is 2.18. The second-order valence-electron chi connectivity index (χ2n) is 6.22. The molecule has 3 aromatic rings. The summed E-state index contributed by atoms with van der Waals surface area (Å²) in [6.45, 7) is 3.73. The first-order valence-electron chi connectivity index (χ1n) is 8.77. The molecular weight excluding hydrogens is 368 g/mol. The van der Waals surface area contributed by atoms with Gasteiger partial charge in [0, 0.05) is 12.6 Å². The Kier molecular flexibility index (Phi) is 5.67. The summed E-state index contributed by atoms with van der Waals surface area (Å²) in [5.74, 6) is -2.02. The number of ether oxygens (including phenoxy) is 1. The number of hydrogen-bond donors (Lipinski definition) is 1. The monoisotopic (exact) mass is 387 g/mol. The van der Waals surface area contributed by atoms with E-state index >= 15 is 0 Å². The van der Waals surface area contributed by atoms with Gasteiger partial charge in [-0.15, -0.1) is 0 Å². The number of para-hydroxylation sites is 1. The molecule has 0 aliphatic rings. The minimum atomic E-state index is -1.05. The van der Waals surface area contributed by atoms with Gasteiger partial charge in [-0.3, -0.25) is 9.59 Å². The molecule has 1 aromatic heterocycles. The summed E-state index contributed by atoms with van der Waals surface area (Å²) in [4.78, 5) is 33.4. The Morgan fingerprint density at radius 2 is 1.96 bits per heavy atom. The first-order valence-corrected chi connectivity index (χ1v) is 8.77. The Morgan fingerprint density at radius 3 is 2.68 bits per heavy atom. The summed E-state index contributed by atoms with van der Waals surface area (Å²) in [7, 11) is 0. The second kappa shape index (κ2) is 8.16. The smallest absolute Gasteiger partial charge is 0.263 e. The van der Waals surface area contributed by atoms with Crippen LogP contribution >= 0.6 is 0 Å². The van der Waals surface area contributed by atoms with Crippen molar-refractivity contribution in [2.45, 2.75) is 26.5 Å². The van der Waals surface area contributed by atoms with Crippen molar-refractivity contribution in [2.24, 2.45) is 0 Å². The Balaban J connectivity index is 1.76. The molecule has 8 heteroatoms.